The lowest BCUT2D eigenvalue weighted by Gasteiger charge is -2.08. The zero-order valence-electron chi connectivity index (χ0n) is 11.5. The van der Waals surface area contributed by atoms with Crippen molar-refractivity contribution in [2.45, 2.75) is 45.5 Å². The molecule has 0 saturated heterocycles. The van der Waals surface area contributed by atoms with Gasteiger partial charge in [0.25, 0.3) is 0 Å². The van der Waals surface area contributed by atoms with E-state index in [1.165, 1.54) is 18.9 Å². The van der Waals surface area contributed by atoms with E-state index in [1.807, 2.05) is 10.6 Å². The lowest BCUT2D eigenvalue weighted by molar-refractivity contribution is 0.509. The van der Waals surface area contributed by atoms with E-state index in [2.05, 4.69) is 18.8 Å². The average Bonchev–Trinajstić information content (AvgIpc) is 2.74. The van der Waals surface area contributed by atoms with Gasteiger partial charge in [-0.05, 0) is 24.5 Å². The molecule has 0 bridgehead atoms. The predicted octanol–water partition coefficient (Wildman–Crippen LogP) is 4.74. The number of fused-ring (bicyclic) bond motifs is 1. The van der Waals surface area contributed by atoms with Crippen LogP contribution in [-0.4, -0.2) is 9.55 Å². The maximum Gasteiger partial charge on any atom is 0.151 e. The molecule has 0 saturated carbocycles. The summed E-state index contributed by atoms with van der Waals surface area (Å²) < 4.78 is 15.7. The number of aryl methyl sites for hydroxylation is 1. The molecule has 1 heterocycles. The second-order valence-electron chi connectivity index (χ2n) is 5.31. The normalized spacial score (nSPS) is 11.6. The number of halogens is 2. The number of rotatable bonds is 6. The molecule has 2 rings (SSSR count). The molecule has 0 atom stereocenters. The van der Waals surface area contributed by atoms with E-state index in [0.717, 1.165) is 30.2 Å². The van der Waals surface area contributed by atoms with Crippen LogP contribution in [0, 0.1) is 11.7 Å². The highest BCUT2D eigenvalue weighted by molar-refractivity contribution is 6.16. The van der Waals surface area contributed by atoms with E-state index in [9.17, 15) is 4.39 Å². The molecule has 0 unspecified atom stereocenters. The van der Waals surface area contributed by atoms with E-state index in [4.69, 9.17) is 11.6 Å². The van der Waals surface area contributed by atoms with Gasteiger partial charge in [-0.15, -0.1) is 11.6 Å². The maximum absolute atomic E-state index is 13.7. The molecule has 2 nitrogen and oxygen atoms in total. The van der Waals surface area contributed by atoms with Gasteiger partial charge in [-0.25, -0.2) is 9.37 Å². The van der Waals surface area contributed by atoms with Gasteiger partial charge in [0.2, 0.25) is 0 Å². The summed E-state index contributed by atoms with van der Waals surface area (Å²) in [6, 6.07) is 5.07. The fraction of sp³-hybridized carbons (Fsp3) is 0.533. The third-order valence-corrected chi connectivity index (χ3v) is 3.58. The number of aromatic nitrogens is 2. The van der Waals surface area contributed by atoms with E-state index in [0.29, 0.717) is 11.4 Å². The molecule has 2 aromatic rings. The Kier molecular flexibility index (Phi) is 4.81. The molecule has 0 fully saturated rings. The van der Waals surface area contributed by atoms with Crippen LogP contribution < -0.4 is 0 Å². The number of imidazole rings is 1. The van der Waals surface area contributed by atoms with Crippen molar-refractivity contribution in [2.75, 3.05) is 0 Å². The van der Waals surface area contributed by atoms with Crippen molar-refractivity contribution in [2.24, 2.45) is 5.92 Å². The Balaban J connectivity index is 2.18. The third-order valence-electron chi connectivity index (χ3n) is 3.34. The van der Waals surface area contributed by atoms with Crippen LogP contribution in [0.5, 0.6) is 0 Å². The first kappa shape index (κ1) is 14.3. The quantitative estimate of drug-likeness (QED) is 0.553. The van der Waals surface area contributed by atoms with E-state index < -0.39 is 0 Å². The van der Waals surface area contributed by atoms with Crippen LogP contribution >= 0.6 is 11.6 Å². The Labute approximate surface area is 118 Å². The molecule has 0 amide bonds. The Morgan fingerprint density at radius 2 is 2.11 bits per heavy atom. The largest absolute Gasteiger partial charge is 0.327 e. The van der Waals surface area contributed by atoms with Gasteiger partial charge in [0, 0.05) is 6.54 Å². The van der Waals surface area contributed by atoms with Crippen LogP contribution in [0.15, 0.2) is 18.2 Å². The van der Waals surface area contributed by atoms with Crippen molar-refractivity contribution in [1.82, 2.24) is 9.55 Å². The summed E-state index contributed by atoms with van der Waals surface area (Å²) >= 11 is 5.91. The first-order valence-corrected chi connectivity index (χ1v) is 7.36. The van der Waals surface area contributed by atoms with Gasteiger partial charge in [0.1, 0.15) is 11.3 Å². The van der Waals surface area contributed by atoms with Crippen LogP contribution in [0.1, 0.15) is 38.9 Å². The van der Waals surface area contributed by atoms with Crippen LogP contribution in [0.25, 0.3) is 11.0 Å². The Morgan fingerprint density at radius 3 is 2.79 bits per heavy atom. The first-order chi connectivity index (χ1) is 9.13. The van der Waals surface area contributed by atoms with Gasteiger partial charge >= 0.3 is 0 Å². The zero-order chi connectivity index (χ0) is 13.8. The highest BCUT2D eigenvalue weighted by Crippen LogP contribution is 2.21. The summed E-state index contributed by atoms with van der Waals surface area (Å²) in [4.78, 5) is 4.30. The summed E-state index contributed by atoms with van der Waals surface area (Å²) in [7, 11) is 0. The van der Waals surface area contributed by atoms with Crippen LogP contribution in [0.3, 0.4) is 0 Å². The molecular formula is C15H20ClFN2. The third kappa shape index (κ3) is 3.27. The fourth-order valence-corrected chi connectivity index (χ4v) is 2.54. The Bertz CT molecular complexity index is 548. The van der Waals surface area contributed by atoms with Crippen molar-refractivity contribution in [3.8, 4) is 0 Å². The first-order valence-electron chi connectivity index (χ1n) is 6.83. The molecule has 4 heteroatoms. The Morgan fingerprint density at radius 1 is 1.32 bits per heavy atom. The van der Waals surface area contributed by atoms with Crippen molar-refractivity contribution in [3.63, 3.8) is 0 Å². The number of benzene rings is 1. The van der Waals surface area contributed by atoms with Gasteiger partial charge in [0.15, 0.2) is 5.82 Å². The minimum atomic E-state index is -0.273. The van der Waals surface area contributed by atoms with Crippen LogP contribution in [0.2, 0.25) is 0 Å². The predicted molar refractivity (Wildman–Crippen MR) is 77.9 cm³/mol. The van der Waals surface area contributed by atoms with Crippen molar-refractivity contribution >= 4 is 22.6 Å². The number of para-hydroxylation sites is 1. The number of hydrogen-bond donors (Lipinski definition) is 0. The molecule has 0 aliphatic rings. The number of unbranched alkanes of at least 4 members (excludes halogenated alkanes) is 1. The second-order valence-corrected chi connectivity index (χ2v) is 5.58. The minimum Gasteiger partial charge on any atom is -0.327 e. The van der Waals surface area contributed by atoms with Crippen molar-refractivity contribution in [3.05, 3.63) is 29.8 Å². The number of alkyl halides is 1. The molecule has 104 valence electrons. The topological polar surface area (TPSA) is 17.8 Å². The fourth-order valence-electron chi connectivity index (χ4n) is 2.33. The Hall–Kier alpha value is -1.09. The lowest BCUT2D eigenvalue weighted by atomic mass is 10.1. The summed E-state index contributed by atoms with van der Waals surface area (Å²) in [5, 5.41) is 0. The monoisotopic (exact) mass is 282 g/mol. The average molecular weight is 283 g/mol. The molecule has 1 aromatic heterocycles. The van der Waals surface area contributed by atoms with Gasteiger partial charge in [0.05, 0.1) is 11.4 Å². The molecule has 0 aliphatic heterocycles. The van der Waals surface area contributed by atoms with E-state index in [1.54, 1.807) is 6.07 Å². The smallest absolute Gasteiger partial charge is 0.151 e. The highest BCUT2D eigenvalue weighted by atomic mass is 35.5. The van der Waals surface area contributed by atoms with Crippen molar-refractivity contribution < 1.29 is 4.39 Å². The molecule has 0 radical (unpaired) electrons. The summed E-state index contributed by atoms with van der Waals surface area (Å²) in [6.45, 7) is 5.31. The standard InChI is InChI=1S/C15H20ClFN2/c1-11(2)6-3-4-9-19-13-8-5-7-12(17)15(13)18-14(19)10-16/h5,7-8,11H,3-4,6,9-10H2,1-2H3. The van der Waals surface area contributed by atoms with Gasteiger partial charge in [-0.2, -0.15) is 0 Å². The zero-order valence-corrected chi connectivity index (χ0v) is 12.3. The van der Waals surface area contributed by atoms with Gasteiger partial charge in [-0.1, -0.05) is 32.8 Å². The summed E-state index contributed by atoms with van der Waals surface area (Å²) in [5.74, 6) is 1.53. The maximum atomic E-state index is 13.7. The lowest BCUT2D eigenvalue weighted by Crippen LogP contribution is -2.03. The molecule has 0 aliphatic carbocycles. The molecule has 1 aromatic carbocycles. The SMILES string of the molecule is CC(C)CCCCn1c(CCl)nc2c(F)cccc21. The molecule has 0 N–H and O–H groups in total. The van der Waals surface area contributed by atoms with Crippen molar-refractivity contribution in [1.29, 1.82) is 0 Å². The second kappa shape index (κ2) is 6.38. The summed E-state index contributed by atoms with van der Waals surface area (Å²) in [5.41, 5.74) is 1.28. The molecular weight excluding hydrogens is 263 g/mol. The van der Waals surface area contributed by atoms with Crippen LogP contribution in [0.4, 0.5) is 4.39 Å². The highest BCUT2D eigenvalue weighted by Gasteiger charge is 2.12. The summed E-state index contributed by atoms with van der Waals surface area (Å²) in [6.07, 6.45) is 3.47. The van der Waals surface area contributed by atoms with E-state index >= 15 is 0 Å². The number of hydrogen-bond acceptors (Lipinski definition) is 1. The van der Waals surface area contributed by atoms with E-state index in [-0.39, 0.29) is 5.82 Å². The van der Waals surface area contributed by atoms with Gasteiger partial charge < -0.3 is 4.57 Å². The molecule has 19 heavy (non-hydrogen) atoms. The van der Waals surface area contributed by atoms with Crippen LogP contribution in [-0.2, 0) is 12.4 Å². The molecule has 0 spiro atoms. The van der Waals surface area contributed by atoms with Gasteiger partial charge in [-0.3, -0.25) is 0 Å². The minimum absolute atomic E-state index is 0.273. The number of nitrogens with zero attached hydrogens (tertiary/aromatic N) is 2.